The summed E-state index contributed by atoms with van der Waals surface area (Å²) >= 11 is 0. The number of rotatable bonds is 12. The Bertz CT molecular complexity index is 748. The van der Waals surface area contributed by atoms with Crippen molar-refractivity contribution in [3.8, 4) is 0 Å². The van der Waals surface area contributed by atoms with E-state index >= 15 is 0 Å². The molecule has 0 saturated carbocycles. The monoisotopic (exact) mass is 461 g/mol. The molecule has 3 atom stereocenters. The van der Waals surface area contributed by atoms with E-state index in [-0.39, 0.29) is 48.5 Å². The fraction of sp³-hybridized carbons (Fsp3) is 0.750. The van der Waals surface area contributed by atoms with E-state index in [1.807, 2.05) is 15.7 Å². The summed E-state index contributed by atoms with van der Waals surface area (Å²) in [5, 5.41) is 6.42. The Hall–Kier alpha value is -2.42. The highest BCUT2D eigenvalue weighted by Gasteiger charge is 2.32. The van der Waals surface area contributed by atoms with Gasteiger partial charge in [-0.05, 0) is 64.5 Å². The number of aromatic nitrogens is 2. The van der Waals surface area contributed by atoms with Gasteiger partial charge in [0, 0.05) is 50.4 Å². The molecule has 0 aromatic carbocycles. The van der Waals surface area contributed by atoms with Gasteiger partial charge in [-0.3, -0.25) is 14.4 Å². The van der Waals surface area contributed by atoms with E-state index in [1.54, 1.807) is 19.4 Å². The summed E-state index contributed by atoms with van der Waals surface area (Å²) in [6, 6.07) is -0.262. The molecule has 9 nitrogen and oxygen atoms in total. The second kappa shape index (κ2) is 13.3. The lowest BCUT2D eigenvalue weighted by Crippen LogP contribution is -2.49. The molecule has 3 heterocycles. The number of ether oxygens (including phenoxy) is 1. The van der Waals surface area contributed by atoms with Gasteiger partial charge < -0.3 is 24.8 Å². The predicted molar refractivity (Wildman–Crippen MR) is 124 cm³/mol. The summed E-state index contributed by atoms with van der Waals surface area (Å²) < 4.78 is 7.16. The van der Waals surface area contributed by atoms with Crippen molar-refractivity contribution in [2.45, 2.75) is 70.9 Å². The van der Waals surface area contributed by atoms with Crippen LogP contribution in [-0.4, -0.2) is 71.1 Å². The SMILES string of the molecule is CCOC(=O)C[C@H](NC(=O)CC1CCCN(CCCCn2ccnc2)C1=O)C1CCCNC1. The summed E-state index contributed by atoms with van der Waals surface area (Å²) in [4.78, 5) is 43.9. The minimum absolute atomic E-state index is 0.0836. The fourth-order valence-corrected chi connectivity index (χ4v) is 4.89. The van der Waals surface area contributed by atoms with E-state index in [1.165, 1.54) is 0 Å². The standard InChI is InChI=1S/C24H39N5O4/c1-2-33-23(31)16-21(20-7-5-9-25-17-20)27-22(30)15-19-8-6-13-29(24(19)32)12-4-3-11-28-14-10-26-18-28/h10,14,18-21,25H,2-9,11-13,15-17H2,1H3,(H,27,30)/t19?,20?,21-/m0/s1. The molecular formula is C24H39N5O4. The molecule has 1 aromatic rings. The van der Waals surface area contributed by atoms with E-state index in [9.17, 15) is 14.4 Å². The summed E-state index contributed by atoms with van der Waals surface area (Å²) in [5.74, 6) is -0.430. The predicted octanol–water partition coefficient (Wildman–Crippen LogP) is 1.73. The molecule has 0 aliphatic carbocycles. The van der Waals surface area contributed by atoms with Gasteiger partial charge in [-0.25, -0.2) is 4.98 Å². The van der Waals surface area contributed by atoms with Gasteiger partial charge in [-0.1, -0.05) is 0 Å². The molecule has 2 aliphatic heterocycles. The maximum absolute atomic E-state index is 13.0. The number of hydrogen-bond acceptors (Lipinski definition) is 6. The second-order valence-corrected chi connectivity index (χ2v) is 9.17. The molecule has 0 bridgehead atoms. The fourth-order valence-electron chi connectivity index (χ4n) is 4.89. The molecule has 9 heteroatoms. The van der Waals surface area contributed by atoms with Crippen molar-refractivity contribution in [2.24, 2.45) is 11.8 Å². The van der Waals surface area contributed by atoms with Crippen molar-refractivity contribution in [3.63, 3.8) is 0 Å². The number of carbonyl (C=O) groups is 3. The van der Waals surface area contributed by atoms with Crippen molar-refractivity contribution >= 4 is 17.8 Å². The van der Waals surface area contributed by atoms with Gasteiger partial charge in [0.1, 0.15) is 0 Å². The van der Waals surface area contributed by atoms with Crippen LogP contribution >= 0.6 is 0 Å². The molecule has 2 fully saturated rings. The first-order valence-corrected chi connectivity index (χ1v) is 12.5. The highest BCUT2D eigenvalue weighted by Crippen LogP contribution is 2.23. The molecular weight excluding hydrogens is 422 g/mol. The second-order valence-electron chi connectivity index (χ2n) is 9.17. The third-order valence-electron chi connectivity index (χ3n) is 6.67. The smallest absolute Gasteiger partial charge is 0.307 e. The Labute approximate surface area is 196 Å². The molecule has 33 heavy (non-hydrogen) atoms. The Morgan fingerprint density at radius 1 is 1.27 bits per heavy atom. The third kappa shape index (κ3) is 8.14. The number of piperidine rings is 2. The molecule has 2 aliphatic rings. The topological polar surface area (TPSA) is 106 Å². The first-order valence-electron chi connectivity index (χ1n) is 12.5. The van der Waals surface area contributed by atoms with Gasteiger partial charge in [0.25, 0.3) is 0 Å². The minimum atomic E-state index is -0.288. The molecule has 2 N–H and O–H groups in total. The Morgan fingerprint density at radius 2 is 2.12 bits per heavy atom. The summed E-state index contributed by atoms with van der Waals surface area (Å²) in [6.45, 7) is 6.24. The number of likely N-dealkylation sites (tertiary alicyclic amines) is 1. The summed E-state index contributed by atoms with van der Waals surface area (Å²) in [6.07, 6.45) is 11.4. The van der Waals surface area contributed by atoms with Crippen LogP contribution in [-0.2, 0) is 25.7 Å². The summed E-state index contributed by atoms with van der Waals surface area (Å²) in [7, 11) is 0. The number of nitrogens with one attached hydrogen (secondary N) is 2. The lowest BCUT2D eigenvalue weighted by atomic mass is 9.88. The number of amides is 2. The summed E-state index contributed by atoms with van der Waals surface area (Å²) in [5.41, 5.74) is 0. The number of nitrogens with zero attached hydrogens (tertiary/aromatic N) is 3. The highest BCUT2D eigenvalue weighted by atomic mass is 16.5. The first kappa shape index (κ1) is 25.2. The molecule has 0 spiro atoms. The van der Waals surface area contributed by atoms with Crippen molar-refractivity contribution in [1.29, 1.82) is 0 Å². The van der Waals surface area contributed by atoms with Crippen LogP contribution in [0.1, 0.15) is 58.3 Å². The molecule has 2 saturated heterocycles. The van der Waals surface area contributed by atoms with Crippen LogP contribution in [0.2, 0.25) is 0 Å². The van der Waals surface area contributed by atoms with Crippen LogP contribution in [0.15, 0.2) is 18.7 Å². The van der Waals surface area contributed by atoms with Crippen LogP contribution in [0.5, 0.6) is 0 Å². The van der Waals surface area contributed by atoms with Gasteiger partial charge in [-0.2, -0.15) is 0 Å². The maximum atomic E-state index is 13.0. The van der Waals surface area contributed by atoms with Crippen LogP contribution in [0.4, 0.5) is 0 Å². The Balaban J connectivity index is 1.47. The number of hydrogen-bond donors (Lipinski definition) is 2. The minimum Gasteiger partial charge on any atom is -0.466 e. The molecule has 1 aromatic heterocycles. The molecule has 3 rings (SSSR count). The van der Waals surface area contributed by atoms with Gasteiger partial charge >= 0.3 is 5.97 Å². The largest absolute Gasteiger partial charge is 0.466 e. The zero-order chi connectivity index (χ0) is 23.5. The molecule has 184 valence electrons. The van der Waals surface area contributed by atoms with Crippen molar-refractivity contribution in [3.05, 3.63) is 18.7 Å². The number of carbonyl (C=O) groups excluding carboxylic acids is 3. The Morgan fingerprint density at radius 3 is 2.85 bits per heavy atom. The van der Waals surface area contributed by atoms with E-state index in [4.69, 9.17) is 4.74 Å². The first-order chi connectivity index (χ1) is 16.1. The highest BCUT2D eigenvalue weighted by molar-refractivity contribution is 5.86. The number of esters is 1. The van der Waals surface area contributed by atoms with E-state index in [0.717, 1.165) is 71.2 Å². The molecule has 0 radical (unpaired) electrons. The van der Waals surface area contributed by atoms with Crippen LogP contribution in [0.25, 0.3) is 0 Å². The van der Waals surface area contributed by atoms with Crippen LogP contribution in [0.3, 0.4) is 0 Å². The quantitative estimate of drug-likeness (QED) is 0.363. The third-order valence-corrected chi connectivity index (χ3v) is 6.67. The zero-order valence-corrected chi connectivity index (χ0v) is 19.8. The normalized spacial score (nSPS) is 22.1. The van der Waals surface area contributed by atoms with Crippen LogP contribution < -0.4 is 10.6 Å². The number of aryl methyl sites for hydroxylation is 1. The number of imidazole rings is 1. The lowest BCUT2D eigenvalue weighted by Gasteiger charge is -2.33. The van der Waals surface area contributed by atoms with Gasteiger partial charge in [-0.15, -0.1) is 0 Å². The Kier molecular flexibility index (Phi) is 10.2. The van der Waals surface area contributed by atoms with Gasteiger partial charge in [0.05, 0.1) is 19.4 Å². The zero-order valence-electron chi connectivity index (χ0n) is 19.8. The lowest BCUT2D eigenvalue weighted by molar-refractivity contribution is -0.145. The van der Waals surface area contributed by atoms with E-state index in [0.29, 0.717) is 6.61 Å². The van der Waals surface area contributed by atoms with Gasteiger partial charge in [0.2, 0.25) is 11.8 Å². The molecule has 2 amide bonds. The maximum Gasteiger partial charge on any atom is 0.307 e. The van der Waals surface area contributed by atoms with Crippen molar-refractivity contribution in [1.82, 2.24) is 25.1 Å². The van der Waals surface area contributed by atoms with Crippen LogP contribution in [0, 0.1) is 11.8 Å². The van der Waals surface area contributed by atoms with Crippen molar-refractivity contribution in [2.75, 3.05) is 32.8 Å². The average molecular weight is 462 g/mol. The molecule has 2 unspecified atom stereocenters. The number of unbranched alkanes of at least 4 members (excludes halogenated alkanes) is 1. The van der Waals surface area contributed by atoms with E-state index in [2.05, 4.69) is 15.6 Å². The van der Waals surface area contributed by atoms with E-state index < -0.39 is 0 Å². The van der Waals surface area contributed by atoms with Crippen molar-refractivity contribution < 1.29 is 19.1 Å². The average Bonchev–Trinajstić information content (AvgIpc) is 3.33. The van der Waals surface area contributed by atoms with Gasteiger partial charge in [0.15, 0.2) is 0 Å².